The van der Waals surface area contributed by atoms with E-state index in [4.69, 9.17) is 9.47 Å². The molecular formula is C18H18BrNO4. The molecule has 5 nitrogen and oxygen atoms in total. The van der Waals surface area contributed by atoms with Crippen molar-refractivity contribution >= 4 is 33.4 Å². The van der Waals surface area contributed by atoms with Crippen molar-refractivity contribution in [3.63, 3.8) is 0 Å². The van der Waals surface area contributed by atoms with Crippen LogP contribution < -0.4 is 9.64 Å². The highest BCUT2D eigenvalue weighted by atomic mass is 79.9. The molecule has 0 fully saturated rings. The van der Waals surface area contributed by atoms with E-state index < -0.39 is 5.97 Å². The molecule has 0 N–H and O–H groups in total. The molecule has 0 amide bonds. The minimum atomic E-state index is -0.527. The molecule has 0 radical (unpaired) electrons. The molecule has 0 bridgehead atoms. The smallest absolute Gasteiger partial charge is 0.338 e. The Labute approximate surface area is 149 Å². The first-order chi connectivity index (χ1) is 11.4. The number of nitrogens with zero attached hydrogens (tertiary/aromatic N) is 1. The standard InChI is InChI=1S/C18H18BrNO4/c1-20(2)14-7-4-12(5-8-14)18(22)24-11-16(21)13-6-9-17(23-3)15(19)10-13/h4-10H,11H2,1-3H3. The SMILES string of the molecule is COc1ccc(C(=O)COC(=O)c2ccc(N(C)C)cc2)cc1Br. The van der Waals surface area contributed by atoms with Crippen molar-refractivity contribution in [3.8, 4) is 5.75 Å². The Balaban J connectivity index is 1.98. The fourth-order valence-corrected chi connectivity index (χ4v) is 2.57. The van der Waals surface area contributed by atoms with Gasteiger partial charge in [0.1, 0.15) is 5.75 Å². The predicted octanol–water partition coefficient (Wildman–Crippen LogP) is 3.56. The van der Waals surface area contributed by atoms with Crippen LogP contribution in [0, 0.1) is 0 Å². The molecule has 0 heterocycles. The average molecular weight is 392 g/mol. The molecule has 2 rings (SSSR count). The molecule has 0 aromatic heterocycles. The molecule has 0 spiro atoms. The van der Waals surface area contributed by atoms with Crippen molar-refractivity contribution in [2.75, 3.05) is 32.7 Å². The van der Waals surface area contributed by atoms with Crippen molar-refractivity contribution in [2.24, 2.45) is 0 Å². The number of ketones is 1. The molecule has 0 atom stereocenters. The Kier molecular flexibility index (Phi) is 5.98. The Bertz CT molecular complexity index is 741. The minimum Gasteiger partial charge on any atom is -0.496 e. The summed E-state index contributed by atoms with van der Waals surface area (Å²) in [5, 5.41) is 0. The maximum absolute atomic E-state index is 12.1. The molecule has 2 aromatic carbocycles. The number of hydrogen-bond donors (Lipinski definition) is 0. The maximum atomic E-state index is 12.1. The number of carbonyl (C=O) groups is 2. The van der Waals surface area contributed by atoms with Gasteiger partial charge in [0, 0.05) is 25.3 Å². The third kappa shape index (κ3) is 4.35. The Hall–Kier alpha value is -2.34. The number of ether oxygens (including phenoxy) is 2. The summed E-state index contributed by atoms with van der Waals surface area (Å²) in [5.41, 5.74) is 1.83. The summed E-state index contributed by atoms with van der Waals surface area (Å²) in [6, 6.07) is 11.9. The van der Waals surface area contributed by atoms with Gasteiger partial charge in [-0.1, -0.05) is 0 Å². The van der Waals surface area contributed by atoms with Gasteiger partial charge in [-0.2, -0.15) is 0 Å². The molecule has 0 aliphatic heterocycles. The first-order valence-electron chi connectivity index (χ1n) is 7.23. The number of halogens is 1. The van der Waals surface area contributed by atoms with Gasteiger partial charge in [0.25, 0.3) is 0 Å². The summed E-state index contributed by atoms with van der Waals surface area (Å²) in [5.74, 6) is -0.178. The maximum Gasteiger partial charge on any atom is 0.338 e. The molecule has 0 aliphatic carbocycles. The first kappa shape index (κ1) is 18.0. The van der Waals surface area contributed by atoms with Crippen molar-refractivity contribution < 1.29 is 19.1 Å². The van der Waals surface area contributed by atoms with E-state index in [0.29, 0.717) is 21.3 Å². The lowest BCUT2D eigenvalue weighted by molar-refractivity contribution is 0.0474. The second-order valence-corrected chi connectivity index (χ2v) is 6.14. The monoisotopic (exact) mass is 391 g/mol. The number of esters is 1. The molecule has 0 saturated carbocycles. The molecular weight excluding hydrogens is 374 g/mol. The zero-order chi connectivity index (χ0) is 17.7. The number of hydrogen-bond acceptors (Lipinski definition) is 5. The second-order valence-electron chi connectivity index (χ2n) is 5.29. The lowest BCUT2D eigenvalue weighted by Crippen LogP contribution is -2.14. The zero-order valence-electron chi connectivity index (χ0n) is 13.7. The highest BCUT2D eigenvalue weighted by molar-refractivity contribution is 9.10. The van der Waals surface area contributed by atoms with Gasteiger partial charge in [0.2, 0.25) is 0 Å². The highest BCUT2D eigenvalue weighted by Gasteiger charge is 2.13. The third-order valence-electron chi connectivity index (χ3n) is 3.43. The van der Waals surface area contributed by atoms with Crippen LogP contribution in [0.5, 0.6) is 5.75 Å². The predicted molar refractivity (Wildman–Crippen MR) is 96.1 cm³/mol. The van der Waals surface area contributed by atoms with Gasteiger partial charge >= 0.3 is 5.97 Å². The average Bonchev–Trinajstić information content (AvgIpc) is 2.59. The first-order valence-corrected chi connectivity index (χ1v) is 8.03. The summed E-state index contributed by atoms with van der Waals surface area (Å²) < 4.78 is 10.9. The molecule has 0 unspecified atom stereocenters. The molecule has 0 saturated heterocycles. The van der Waals surface area contributed by atoms with Crippen LogP contribution in [0.3, 0.4) is 0 Å². The number of anilines is 1. The molecule has 6 heteroatoms. The van der Waals surface area contributed by atoms with E-state index in [1.54, 1.807) is 37.4 Å². The van der Waals surface area contributed by atoms with E-state index in [1.165, 1.54) is 0 Å². The summed E-state index contributed by atoms with van der Waals surface area (Å²) in [7, 11) is 5.38. The van der Waals surface area contributed by atoms with E-state index in [-0.39, 0.29) is 12.4 Å². The van der Waals surface area contributed by atoms with E-state index in [9.17, 15) is 9.59 Å². The largest absolute Gasteiger partial charge is 0.496 e. The van der Waals surface area contributed by atoms with Crippen LogP contribution in [0.25, 0.3) is 0 Å². The van der Waals surface area contributed by atoms with Gasteiger partial charge in [-0.15, -0.1) is 0 Å². The normalized spacial score (nSPS) is 10.2. The van der Waals surface area contributed by atoms with Gasteiger partial charge in [-0.25, -0.2) is 4.79 Å². The minimum absolute atomic E-state index is 0.281. The fourth-order valence-electron chi connectivity index (χ4n) is 2.03. The van der Waals surface area contributed by atoms with Gasteiger partial charge < -0.3 is 14.4 Å². The Morgan fingerprint density at radius 2 is 1.67 bits per heavy atom. The Morgan fingerprint density at radius 1 is 1.04 bits per heavy atom. The fraction of sp³-hybridized carbons (Fsp3) is 0.222. The summed E-state index contributed by atoms with van der Waals surface area (Å²) >= 11 is 3.32. The van der Waals surface area contributed by atoms with Gasteiger partial charge in [0.05, 0.1) is 17.1 Å². The lowest BCUT2D eigenvalue weighted by atomic mass is 10.1. The van der Waals surface area contributed by atoms with E-state index in [2.05, 4.69) is 15.9 Å². The van der Waals surface area contributed by atoms with Crippen LogP contribution in [0.1, 0.15) is 20.7 Å². The Morgan fingerprint density at radius 3 is 2.21 bits per heavy atom. The van der Waals surface area contributed by atoms with Crippen molar-refractivity contribution in [2.45, 2.75) is 0 Å². The molecule has 126 valence electrons. The quantitative estimate of drug-likeness (QED) is 0.556. The summed E-state index contributed by atoms with van der Waals surface area (Å²) in [6.45, 7) is -0.312. The van der Waals surface area contributed by atoms with E-state index >= 15 is 0 Å². The number of Topliss-reactive ketones (excluding diaryl/α,β-unsaturated/α-hetero) is 1. The van der Waals surface area contributed by atoms with E-state index in [1.807, 2.05) is 31.1 Å². The van der Waals surface area contributed by atoms with Crippen LogP contribution in [-0.4, -0.2) is 39.6 Å². The topological polar surface area (TPSA) is 55.8 Å². The summed E-state index contributed by atoms with van der Waals surface area (Å²) in [4.78, 5) is 26.1. The number of carbonyl (C=O) groups excluding carboxylic acids is 2. The van der Waals surface area contributed by atoms with E-state index in [0.717, 1.165) is 5.69 Å². The highest BCUT2D eigenvalue weighted by Crippen LogP contribution is 2.25. The lowest BCUT2D eigenvalue weighted by Gasteiger charge is -2.12. The van der Waals surface area contributed by atoms with Gasteiger partial charge in [-0.3, -0.25) is 4.79 Å². The molecule has 2 aromatic rings. The van der Waals surface area contributed by atoms with Crippen LogP contribution in [-0.2, 0) is 4.74 Å². The van der Waals surface area contributed by atoms with Crippen LogP contribution >= 0.6 is 15.9 Å². The zero-order valence-corrected chi connectivity index (χ0v) is 15.3. The van der Waals surface area contributed by atoms with Gasteiger partial charge in [-0.05, 0) is 58.4 Å². The number of methoxy groups -OCH3 is 1. The second kappa shape index (κ2) is 7.97. The number of rotatable bonds is 6. The molecule has 0 aliphatic rings. The van der Waals surface area contributed by atoms with Gasteiger partial charge in [0.15, 0.2) is 12.4 Å². The van der Waals surface area contributed by atoms with Crippen LogP contribution in [0.15, 0.2) is 46.9 Å². The van der Waals surface area contributed by atoms with Crippen molar-refractivity contribution in [1.29, 1.82) is 0 Å². The molecule has 24 heavy (non-hydrogen) atoms. The van der Waals surface area contributed by atoms with Crippen molar-refractivity contribution in [3.05, 3.63) is 58.1 Å². The van der Waals surface area contributed by atoms with Crippen LogP contribution in [0.2, 0.25) is 0 Å². The summed E-state index contributed by atoms with van der Waals surface area (Å²) in [6.07, 6.45) is 0. The van der Waals surface area contributed by atoms with Crippen LogP contribution in [0.4, 0.5) is 5.69 Å². The number of benzene rings is 2. The van der Waals surface area contributed by atoms with Crippen molar-refractivity contribution in [1.82, 2.24) is 0 Å². The third-order valence-corrected chi connectivity index (χ3v) is 4.05.